The van der Waals surface area contributed by atoms with Gasteiger partial charge in [-0.1, -0.05) is 0 Å². The highest BCUT2D eigenvalue weighted by atomic mass is 19.4. The molecule has 0 bridgehead atoms. The number of aromatic nitrogens is 2. The number of nitrogens with one attached hydrogen (secondary N) is 1. The van der Waals surface area contributed by atoms with Crippen molar-refractivity contribution in [3.63, 3.8) is 0 Å². The van der Waals surface area contributed by atoms with Crippen LogP contribution in [0.5, 0.6) is 0 Å². The number of rotatable bonds is 4. The zero-order valence-corrected chi connectivity index (χ0v) is 13.6. The molecule has 1 aliphatic heterocycles. The normalized spacial score (nSPS) is 22.7. The predicted molar refractivity (Wildman–Crippen MR) is 79.7 cm³/mol. The van der Waals surface area contributed by atoms with E-state index in [-0.39, 0.29) is 25.0 Å². The van der Waals surface area contributed by atoms with Crippen molar-refractivity contribution in [2.45, 2.75) is 64.5 Å². The van der Waals surface area contributed by atoms with Crippen molar-refractivity contribution >= 4 is 5.91 Å². The molecule has 2 heterocycles. The summed E-state index contributed by atoms with van der Waals surface area (Å²) in [5.74, 6) is -0.536. The number of carbonyl (C=O) groups excluding carboxylic acids is 1. The third kappa shape index (κ3) is 4.46. The quantitative estimate of drug-likeness (QED) is 0.922. The highest BCUT2D eigenvalue weighted by Gasteiger charge is 2.47. The van der Waals surface area contributed by atoms with Crippen LogP contribution in [0.2, 0.25) is 0 Å². The van der Waals surface area contributed by atoms with Crippen LogP contribution in [-0.4, -0.2) is 45.4 Å². The summed E-state index contributed by atoms with van der Waals surface area (Å²) in [4.78, 5) is 12.5. The molecule has 1 fully saturated rings. The summed E-state index contributed by atoms with van der Waals surface area (Å²) in [6, 6.07) is -1.54. The number of alkyl halides is 3. The molecule has 0 spiro atoms. The van der Waals surface area contributed by atoms with Crippen LogP contribution in [0, 0.1) is 0 Å². The molecule has 1 aliphatic rings. The number of likely N-dealkylation sites (tertiary alicyclic amines) is 1. The maximum Gasteiger partial charge on any atom is 0.408 e. The molecule has 0 aromatic carbocycles. The van der Waals surface area contributed by atoms with Crippen molar-refractivity contribution in [1.29, 1.82) is 0 Å². The van der Waals surface area contributed by atoms with Gasteiger partial charge in [-0.2, -0.15) is 18.3 Å². The van der Waals surface area contributed by atoms with E-state index >= 15 is 0 Å². The van der Waals surface area contributed by atoms with E-state index in [0.717, 1.165) is 10.5 Å². The van der Waals surface area contributed by atoms with Crippen molar-refractivity contribution < 1.29 is 18.0 Å². The fraction of sp³-hybridized carbons (Fsp3) is 0.733. The lowest BCUT2D eigenvalue weighted by Crippen LogP contribution is -2.56. The molecule has 8 heteroatoms. The molecule has 1 saturated heterocycles. The number of hydrogen-bond acceptors (Lipinski definition) is 3. The summed E-state index contributed by atoms with van der Waals surface area (Å²) in [5.41, 5.74) is 0.978. The van der Waals surface area contributed by atoms with Crippen molar-refractivity contribution in [3.05, 3.63) is 18.0 Å². The second kappa shape index (κ2) is 6.90. The first kappa shape index (κ1) is 17.8. The van der Waals surface area contributed by atoms with Crippen molar-refractivity contribution in [2.24, 2.45) is 0 Å². The Balaban J connectivity index is 1.93. The summed E-state index contributed by atoms with van der Waals surface area (Å²) >= 11 is 0. The second-order valence-corrected chi connectivity index (χ2v) is 6.31. The number of nitrogens with zero attached hydrogens (tertiary/aromatic N) is 3. The number of carbonyl (C=O) groups is 1. The first-order chi connectivity index (χ1) is 10.7. The Kier molecular flexibility index (Phi) is 5.33. The molecule has 1 aromatic rings. The zero-order chi connectivity index (χ0) is 17.2. The number of piperidine rings is 1. The van der Waals surface area contributed by atoms with Gasteiger partial charge in [-0.3, -0.25) is 9.48 Å². The minimum Gasteiger partial charge on any atom is -0.329 e. The third-order valence-electron chi connectivity index (χ3n) is 4.14. The Morgan fingerprint density at radius 3 is 2.65 bits per heavy atom. The van der Waals surface area contributed by atoms with E-state index < -0.39 is 18.1 Å². The lowest BCUT2D eigenvalue weighted by Gasteiger charge is -2.40. The Morgan fingerprint density at radius 2 is 2.13 bits per heavy atom. The van der Waals surface area contributed by atoms with Gasteiger partial charge >= 0.3 is 6.18 Å². The standard InChI is InChI=1S/C15H23F3N4O/c1-10(2)22-8-12(7-20-22)6-19-13-4-5-14(15(16,17)18)21(9-13)11(3)23/h7-8,10,13-14,19H,4-6,9H2,1-3H3. The molecular weight excluding hydrogens is 309 g/mol. The van der Waals surface area contributed by atoms with Crippen molar-refractivity contribution in [3.8, 4) is 0 Å². The van der Waals surface area contributed by atoms with Crippen LogP contribution >= 0.6 is 0 Å². The first-order valence-corrected chi connectivity index (χ1v) is 7.78. The van der Waals surface area contributed by atoms with E-state index in [9.17, 15) is 18.0 Å². The van der Waals surface area contributed by atoms with E-state index in [1.54, 1.807) is 6.20 Å². The molecule has 5 nitrogen and oxygen atoms in total. The fourth-order valence-electron chi connectivity index (χ4n) is 2.84. The molecule has 0 radical (unpaired) electrons. The average molecular weight is 332 g/mol. The molecule has 2 unspecified atom stereocenters. The molecular formula is C15H23F3N4O. The van der Waals surface area contributed by atoms with Crippen LogP contribution in [0.4, 0.5) is 13.2 Å². The van der Waals surface area contributed by atoms with Gasteiger partial charge in [0.05, 0.1) is 6.20 Å². The first-order valence-electron chi connectivity index (χ1n) is 7.78. The van der Waals surface area contributed by atoms with Gasteiger partial charge in [0.15, 0.2) is 0 Å². The second-order valence-electron chi connectivity index (χ2n) is 6.31. The predicted octanol–water partition coefficient (Wildman–Crippen LogP) is 2.50. The Morgan fingerprint density at radius 1 is 1.43 bits per heavy atom. The maximum atomic E-state index is 13.0. The summed E-state index contributed by atoms with van der Waals surface area (Å²) in [5, 5.41) is 7.46. The van der Waals surface area contributed by atoms with Gasteiger partial charge in [-0.05, 0) is 26.7 Å². The van der Waals surface area contributed by atoms with E-state index in [1.165, 1.54) is 6.92 Å². The van der Waals surface area contributed by atoms with Crippen LogP contribution in [0.1, 0.15) is 45.2 Å². The van der Waals surface area contributed by atoms with E-state index in [4.69, 9.17) is 0 Å². The van der Waals surface area contributed by atoms with E-state index in [2.05, 4.69) is 10.4 Å². The lowest BCUT2D eigenvalue weighted by atomic mass is 9.97. The van der Waals surface area contributed by atoms with Crippen molar-refractivity contribution in [2.75, 3.05) is 6.54 Å². The molecule has 1 aromatic heterocycles. The molecule has 130 valence electrons. The molecule has 23 heavy (non-hydrogen) atoms. The van der Waals surface area contributed by atoms with Crippen LogP contribution in [0.3, 0.4) is 0 Å². The molecule has 1 N–H and O–H groups in total. The van der Waals surface area contributed by atoms with Gasteiger partial charge in [0.1, 0.15) is 6.04 Å². The monoisotopic (exact) mass is 332 g/mol. The van der Waals surface area contributed by atoms with E-state index in [1.807, 2.05) is 24.7 Å². The number of hydrogen-bond donors (Lipinski definition) is 1. The van der Waals surface area contributed by atoms with Gasteiger partial charge in [-0.25, -0.2) is 0 Å². The van der Waals surface area contributed by atoms with Crippen LogP contribution in [0.25, 0.3) is 0 Å². The SMILES string of the molecule is CC(=O)N1CC(NCc2cnn(C(C)C)c2)CCC1C(F)(F)F. The summed E-state index contributed by atoms with van der Waals surface area (Å²) in [7, 11) is 0. The molecule has 1 amide bonds. The van der Waals surface area contributed by atoms with Crippen molar-refractivity contribution in [1.82, 2.24) is 20.0 Å². The highest BCUT2D eigenvalue weighted by Crippen LogP contribution is 2.32. The average Bonchev–Trinajstić information content (AvgIpc) is 2.93. The van der Waals surface area contributed by atoms with Crippen LogP contribution in [0.15, 0.2) is 12.4 Å². The van der Waals surface area contributed by atoms with Crippen LogP contribution < -0.4 is 5.32 Å². The fourth-order valence-corrected chi connectivity index (χ4v) is 2.84. The smallest absolute Gasteiger partial charge is 0.329 e. The molecule has 0 saturated carbocycles. The minimum absolute atomic E-state index is 0.0635. The molecule has 2 atom stereocenters. The van der Waals surface area contributed by atoms with Gasteiger partial charge < -0.3 is 10.2 Å². The zero-order valence-electron chi connectivity index (χ0n) is 13.6. The Bertz CT molecular complexity index is 541. The van der Waals surface area contributed by atoms with Gasteiger partial charge in [0.25, 0.3) is 0 Å². The summed E-state index contributed by atoms with van der Waals surface area (Å²) in [6.07, 6.45) is -0.369. The minimum atomic E-state index is -4.37. The number of halogens is 3. The topological polar surface area (TPSA) is 50.2 Å². The highest BCUT2D eigenvalue weighted by molar-refractivity contribution is 5.73. The maximum absolute atomic E-state index is 13.0. The van der Waals surface area contributed by atoms with Crippen LogP contribution in [-0.2, 0) is 11.3 Å². The Hall–Kier alpha value is -1.57. The largest absolute Gasteiger partial charge is 0.408 e. The van der Waals surface area contributed by atoms with Gasteiger partial charge in [0.2, 0.25) is 5.91 Å². The third-order valence-corrected chi connectivity index (χ3v) is 4.14. The summed E-state index contributed by atoms with van der Waals surface area (Å²) < 4.78 is 40.8. The number of amides is 1. The Labute approximate surface area is 133 Å². The molecule has 0 aliphatic carbocycles. The van der Waals surface area contributed by atoms with Gasteiger partial charge in [-0.15, -0.1) is 0 Å². The molecule has 2 rings (SSSR count). The van der Waals surface area contributed by atoms with E-state index in [0.29, 0.717) is 13.0 Å². The summed E-state index contributed by atoms with van der Waals surface area (Å²) in [6.45, 7) is 5.84. The lowest BCUT2D eigenvalue weighted by molar-refractivity contribution is -0.196. The van der Waals surface area contributed by atoms with Gasteiger partial charge in [0, 0.05) is 43.9 Å².